The van der Waals surface area contributed by atoms with Crippen LogP contribution >= 0.6 is 0 Å². The highest BCUT2D eigenvalue weighted by Gasteiger charge is 2.26. The molecule has 2 aromatic carbocycles. The minimum atomic E-state index is 0.634. The number of rotatable bonds is 4. The summed E-state index contributed by atoms with van der Waals surface area (Å²) in [6, 6.07) is 19.2. The SMILES string of the molecule is C1=Cc2[nH]cc(C3CCN(c4nnc(Cc5ccccc5)c5ccccc45)CC3)c2CC1. The lowest BCUT2D eigenvalue weighted by molar-refractivity contribution is 0.500. The number of hydrogen-bond acceptors (Lipinski definition) is 3. The van der Waals surface area contributed by atoms with Gasteiger partial charge in [0.1, 0.15) is 0 Å². The molecule has 4 heteroatoms. The predicted octanol–water partition coefficient (Wildman–Crippen LogP) is 5.89. The van der Waals surface area contributed by atoms with Gasteiger partial charge < -0.3 is 9.88 Å². The van der Waals surface area contributed by atoms with Crippen LogP contribution < -0.4 is 4.90 Å². The number of aromatic amines is 1. The number of piperidine rings is 1. The average molecular weight is 421 g/mol. The van der Waals surface area contributed by atoms with Crippen LogP contribution in [-0.2, 0) is 12.8 Å². The summed E-state index contributed by atoms with van der Waals surface area (Å²) in [5.41, 5.74) is 6.72. The minimum Gasteiger partial charge on any atom is -0.361 e. The molecule has 0 unspecified atom stereocenters. The van der Waals surface area contributed by atoms with E-state index in [0.717, 1.165) is 50.3 Å². The summed E-state index contributed by atoms with van der Waals surface area (Å²) in [5, 5.41) is 11.9. The molecule has 0 saturated carbocycles. The molecule has 160 valence electrons. The summed E-state index contributed by atoms with van der Waals surface area (Å²) in [5.74, 6) is 1.67. The molecular formula is C28H28N4. The summed E-state index contributed by atoms with van der Waals surface area (Å²) < 4.78 is 0. The van der Waals surface area contributed by atoms with Gasteiger partial charge in [-0.15, -0.1) is 5.10 Å². The van der Waals surface area contributed by atoms with Crippen LogP contribution in [0.4, 0.5) is 5.82 Å². The van der Waals surface area contributed by atoms with Crippen molar-refractivity contribution in [2.45, 2.75) is 38.0 Å². The third-order valence-corrected chi connectivity index (χ3v) is 7.10. The van der Waals surface area contributed by atoms with Crippen LogP contribution in [0.5, 0.6) is 0 Å². The summed E-state index contributed by atoms with van der Waals surface area (Å²) in [6.07, 6.45) is 12.2. The lowest BCUT2D eigenvalue weighted by atomic mass is 9.86. The van der Waals surface area contributed by atoms with Gasteiger partial charge >= 0.3 is 0 Å². The van der Waals surface area contributed by atoms with E-state index in [0.29, 0.717) is 5.92 Å². The van der Waals surface area contributed by atoms with Crippen LogP contribution in [-0.4, -0.2) is 28.3 Å². The Kier molecular flexibility index (Phi) is 4.99. The Morgan fingerprint density at radius 2 is 1.69 bits per heavy atom. The van der Waals surface area contributed by atoms with Crippen LogP contribution in [0, 0.1) is 0 Å². The third kappa shape index (κ3) is 3.50. The van der Waals surface area contributed by atoms with Crippen molar-refractivity contribution < 1.29 is 0 Å². The van der Waals surface area contributed by atoms with E-state index in [9.17, 15) is 0 Å². The molecule has 0 spiro atoms. The first kappa shape index (κ1) is 19.3. The van der Waals surface area contributed by atoms with Crippen molar-refractivity contribution in [2.24, 2.45) is 0 Å². The second kappa shape index (κ2) is 8.27. The van der Waals surface area contributed by atoms with Crippen LogP contribution in [0.2, 0.25) is 0 Å². The van der Waals surface area contributed by atoms with Gasteiger partial charge in [0.15, 0.2) is 5.82 Å². The fourth-order valence-corrected chi connectivity index (χ4v) is 5.41. The number of benzene rings is 2. The Balaban J connectivity index is 1.25. The van der Waals surface area contributed by atoms with Gasteiger partial charge in [0.05, 0.1) is 5.69 Å². The number of allylic oxidation sites excluding steroid dienone is 1. The molecule has 2 aliphatic rings. The van der Waals surface area contributed by atoms with Crippen molar-refractivity contribution in [3.05, 3.63) is 94.9 Å². The summed E-state index contributed by atoms with van der Waals surface area (Å²) in [7, 11) is 0. The van der Waals surface area contributed by atoms with Gasteiger partial charge in [0.25, 0.3) is 0 Å². The molecule has 4 nitrogen and oxygen atoms in total. The zero-order chi connectivity index (χ0) is 21.3. The van der Waals surface area contributed by atoms with E-state index in [2.05, 4.69) is 82.8 Å². The molecule has 4 aromatic rings. The minimum absolute atomic E-state index is 0.634. The molecule has 1 saturated heterocycles. The monoisotopic (exact) mass is 420 g/mol. The third-order valence-electron chi connectivity index (χ3n) is 7.10. The Morgan fingerprint density at radius 3 is 2.53 bits per heavy atom. The smallest absolute Gasteiger partial charge is 0.159 e. The Bertz CT molecular complexity index is 1260. The normalized spacial score (nSPS) is 16.4. The van der Waals surface area contributed by atoms with Crippen LogP contribution in [0.25, 0.3) is 16.8 Å². The number of hydrogen-bond donors (Lipinski definition) is 1. The Morgan fingerprint density at radius 1 is 0.906 bits per heavy atom. The zero-order valence-electron chi connectivity index (χ0n) is 18.3. The molecule has 1 aliphatic carbocycles. The highest BCUT2D eigenvalue weighted by Crippen LogP contribution is 2.36. The van der Waals surface area contributed by atoms with Crippen molar-refractivity contribution >= 4 is 22.7 Å². The average Bonchev–Trinajstić information content (AvgIpc) is 3.29. The van der Waals surface area contributed by atoms with E-state index in [1.165, 1.54) is 34.0 Å². The maximum absolute atomic E-state index is 4.75. The molecule has 2 aromatic heterocycles. The Hall–Kier alpha value is -3.40. The van der Waals surface area contributed by atoms with Crippen molar-refractivity contribution in [1.82, 2.24) is 15.2 Å². The lowest BCUT2D eigenvalue weighted by Crippen LogP contribution is -2.34. The largest absolute Gasteiger partial charge is 0.361 e. The lowest BCUT2D eigenvalue weighted by Gasteiger charge is -2.33. The first-order chi connectivity index (χ1) is 15.9. The second-order valence-electron chi connectivity index (χ2n) is 9.02. The zero-order valence-corrected chi connectivity index (χ0v) is 18.3. The van der Waals surface area contributed by atoms with Crippen molar-refractivity contribution in [3.63, 3.8) is 0 Å². The maximum atomic E-state index is 4.75. The predicted molar refractivity (Wildman–Crippen MR) is 131 cm³/mol. The van der Waals surface area contributed by atoms with E-state index in [1.807, 2.05) is 0 Å². The van der Waals surface area contributed by atoms with E-state index >= 15 is 0 Å². The highest BCUT2D eigenvalue weighted by molar-refractivity contribution is 5.93. The number of nitrogens with one attached hydrogen (secondary N) is 1. The topological polar surface area (TPSA) is 44.8 Å². The fraction of sp³-hybridized carbons (Fsp3) is 0.286. The summed E-state index contributed by atoms with van der Waals surface area (Å²) in [6.45, 7) is 2.05. The number of nitrogens with zero attached hydrogens (tertiary/aromatic N) is 3. The molecule has 0 atom stereocenters. The molecule has 1 aliphatic heterocycles. The maximum Gasteiger partial charge on any atom is 0.159 e. The molecule has 0 amide bonds. The number of fused-ring (bicyclic) bond motifs is 2. The van der Waals surface area contributed by atoms with Gasteiger partial charge in [0.2, 0.25) is 0 Å². The summed E-state index contributed by atoms with van der Waals surface area (Å²) >= 11 is 0. The Labute approximate surface area is 189 Å². The van der Waals surface area contributed by atoms with Gasteiger partial charge in [-0.05, 0) is 54.4 Å². The molecule has 0 bridgehead atoms. The van der Waals surface area contributed by atoms with Crippen LogP contribution in [0.1, 0.15) is 53.3 Å². The standard InChI is InChI=1S/C28H28N4/c1-2-8-20(9-3-1)18-27-22-10-4-5-12-24(22)28(31-30-27)32-16-14-21(15-17-32)25-19-29-26-13-7-6-11-23(25)26/h1-5,7-10,12-13,19,21,29H,6,11,14-18H2. The number of aromatic nitrogens is 3. The van der Waals surface area contributed by atoms with Crippen molar-refractivity contribution in [1.29, 1.82) is 0 Å². The molecular weight excluding hydrogens is 392 g/mol. The van der Waals surface area contributed by atoms with Gasteiger partial charge in [-0.2, -0.15) is 5.10 Å². The molecule has 0 radical (unpaired) electrons. The molecule has 6 rings (SSSR count). The van der Waals surface area contributed by atoms with Gasteiger partial charge in [0, 0.05) is 42.2 Å². The van der Waals surface area contributed by atoms with Gasteiger partial charge in [-0.25, -0.2) is 0 Å². The molecule has 3 heterocycles. The van der Waals surface area contributed by atoms with Crippen molar-refractivity contribution in [2.75, 3.05) is 18.0 Å². The molecule has 32 heavy (non-hydrogen) atoms. The quantitative estimate of drug-likeness (QED) is 0.448. The van der Waals surface area contributed by atoms with E-state index in [1.54, 1.807) is 5.56 Å². The van der Waals surface area contributed by atoms with E-state index < -0.39 is 0 Å². The van der Waals surface area contributed by atoms with Gasteiger partial charge in [-0.3, -0.25) is 0 Å². The van der Waals surface area contributed by atoms with Crippen LogP contribution in [0.15, 0.2) is 66.9 Å². The first-order valence-electron chi connectivity index (χ1n) is 11.8. The number of H-pyrrole nitrogens is 1. The fourth-order valence-electron chi connectivity index (χ4n) is 5.41. The number of anilines is 1. The second-order valence-corrected chi connectivity index (χ2v) is 9.02. The molecule has 1 fully saturated rings. The van der Waals surface area contributed by atoms with Gasteiger partial charge in [-0.1, -0.05) is 60.7 Å². The molecule has 1 N–H and O–H groups in total. The first-order valence-corrected chi connectivity index (χ1v) is 11.8. The van der Waals surface area contributed by atoms with Crippen LogP contribution in [0.3, 0.4) is 0 Å². The van der Waals surface area contributed by atoms with Crippen molar-refractivity contribution in [3.8, 4) is 0 Å². The van der Waals surface area contributed by atoms with E-state index in [4.69, 9.17) is 10.2 Å². The summed E-state index contributed by atoms with van der Waals surface area (Å²) in [4.78, 5) is 5.94. The van der Waals surface area contributed by atoms with E-state index in [-0.39, 0.29) is 0 Å². The highest BCUT2D eigenvalue weighted by atomic mass is 15.3.